The molecule has 25 heavy (non-hydrogen) atoms. The first-order chi connectivity index (χ1) is 11.9. The molecule has 0 atom stereocenters. The number of rotatable bonds is 3. The fourth-order valence-corrected chi connectivity index (χ4v) is 3.43. The van der Waals surface area contributed by atoms with Crippen LogP contribution in [0.1, 0.15) is 32.6 Å². The molecule has 1 aliphatic rings. The molecule has 3 rings (SSSR count). The van der Waals surface area contributed by atoms with Gasteiger partial charge in [-0.1, -0.05) is 11.6 Å². The van der Waals surface area contributed by atoms with Crippen LogP contribution in [-0.2, 0) is 14.3 Å². The quantitative estimate of drug-likeness (QED) is 0.820. The van der Waals surface area contributed by atoms with Gasteiger partial charge in [0.05, 0.1) is 10.7 Å². The fraction of sp³-hybridized carbons (Fsp3) is 0.389. The summed E-state index contributed by atoms with van der Waals surface area (Å²) in [6.07, 6.45) is 4.14. The number of benzene rings is 1. The van der Waals surface area contributed by atoms with Crippen LogP contribution < -0.4 is 10.9 Å². The SMILES string of the molecule is CC(=O)OC1CCC(C(=O)Nc2cc3cc[nH]c(=O)c3cc2Cl)CC1. The van der Waals surface area contributed by atoms with Crippen molar-refractivity contribution in [1.82, 2.24) is 4.98 Å². The Hall–Kier alpha value is -2.34. The monoisotopic (exact) mass is 362 g/mol. The van der Waals surface area contributed by atoms with Crippen molar-refractivity contribution in [2.45, 2.75) is 38.7 Å². The second-order valence-corrected chi connectivity index (χ2v) is 6.71. The van der Waals surface area contributed by atoms with Crippen molar-refractivity contribution in [1.29, 1.82) is 0 Å². The van der Waals surface area contributed by atoms with E-state index in [2.05, 4.69) is 10.3 Å². The second kappa shape index (κ2) is 7.27. The van der Waals surface area contributed by atoms with Gasteiger partial charge in [-0.15, -0.1) is 0 Å². The van der Waals surface area contributed by atoms with Gasteiger partial charge in [0.1, 0.15) is 6.10 Å². The van der Waals surface area contributed by atoms with Gasteiger partial charge in [-0.2, -0.15) is 0 Å². The molecule has 132 valence electrons. The molecule has 0 saturated heterocycles. The van der Waals surface area contributed by atoms with E-state index in [1.807, 2.05) is 0 Å². The van der Waals surface area contributed by atoms with Crippen molar-refractivity contribution in [2.75, 3.05) is 5.32 Å². The number of esters is 1. The van der Waals surface area contributed by atoms with Crippen LogP contribution in [-0.4, -0.2) is 23.0 Å². The summed E-state index contributed by atoms with van der Waals surface area (Å²) >= 11 is 6.21. The number of pyridine rings is 1. The number of hydrogen-bond acceptors (Lipinski definition) is 4. The van der Waals surface area contributed by atoms with E-state index in [4.69, 9.17) is 16.3 Å². The third kappa shape index (κ3) is 4.02. The van der Waals surface area contributed by atoms with E-state index in [0.717, 1.165) is 0 Å². The topological polar surface area (TPSA) is 88.3 Å². The zero-order valence-corrected chi connectivity index (χ0v) is 14.6. The lowest BCUT2D eigenvalue weighted by atomic mass is 9.86. The van der Waals surface area contributed by atoms with Gasteiger partial charge in [-0.25, -0.2) is 0 Å². The molecule has 0 radical (unpaired) electrons. The minimum Gasteiger partial charge on any atom is -0.463 e. The van der Waals surface area contributed by atoms with E-state index in [-0.39, 0.29) is 29.5 Å². The van der Waals surface area contributed by atoms with E-state index in [1.54, 1.807) is 24.4 Å². The molecule has 1 amide bonds. The highest BCUT2D eigenvalue weighted by molar-refractivity contribution is 6.34. The highest BCUT2D eigenvalue weighted by Crippen LogP contribution is 2.30. The highest BCUT2D eigenvalue weighted by Gasteiger charge is 2.28. The standard InChI is InChI=1S/C18H19ClN2O4/c1-10(22)25-13-4-2-11(3-5-13)17(23)21-16-8-12-6-7-20-18(24)14(12)9-15(16)19/h6-9,11,13H,2-5H2,1H3,(H,20,24)(H,21,23). The van der Waals surface area contributed by atoms with E-state index < -0.39 is 0 Å². The Balaban J connectivity index is 1.69. The van der Waals surface area contributed by atoms with Gasteiger partial charge in [-0.3, -0.25) is 14.4 Å². The summed E-state index contributed by atoms with van der Waals surface area (Å²) in [7, 11) is 0. The van der Waals surface area contributed by atoms with Crippen LogP contribution in [0.15, 0.2) is 29.2 Å². The first-order valence-electron chi connectivity index (χ1n) is 8.23. The molecule has 1 aromatic heterocycles. The number of H-pyrrole nitrogens is 1. The molecule has 1 aliphatic carbocycles. The number of amides is 1. The van der Waals surface area contributed by atoms with E-state index in [0.29, 0.717) is 47.2 Å². The molecular formula is C18H19ClN2O4. The van der Waals surface area contributed by atoms with Crippen LogP contribution in [0.25, 0.3) is 10.8 Å². The fourth-order valence-electron chi connectivity index (χ4n) is 3.22. The van der Waals surface area contributed by atoms with Crippen LogP contribution in [0.2, 0.25) is 5.02 Å². The Morgan fingerprint density at radius 1 is 1.24 bits per heavy atom. The van der Waals surface area contributed by atoms with Crippen LogP contribution in [0.5, 0.6) is 0 Å². The zero-order chi connectivity index (χ0) is 18.0. The van der Waals surface area contributed by atoms with Gasteiger partial charge >= 0.3 is 5.97 Å². The molecule has 0 spiro atoms. The van der Waals surface area contributed by atoms with Crippen molar-refractivity contribution >= 4 is 39.9 Å². The van der Waals surface area contributed by atoms with E-state index >= 15 is 0 Å². The van der Waals surface area contributed by atoms with Crippen molar-refractivity contribution in [3.05, 3.63) is 39.8 Å². The number of fused-ring (bicyclic) bond motifs is 1. The zero-order valence-electron chi connectivity index (χ0n) is 13.8. The maximum Gasteiger partial charge on any atom is 0.302 e. The van der Waals surface area contributed by atoms with Crippen molar-refractivity contribution in [3.63, 3.8) is 0 Å². The molecule has 2 N–H and O–H groups in total. The number of carbonyl (C=O) groups is 2. The molecule has 1 saturated carbocycles. The number of aromatic nitrogens is 1. The van der Waals surface area contributed by atoms with Gasteiger partial charge in [0, 0.05) is 24.4 Å². The highest BCUT2D eigenvalue weighted by atomic mass is 35.5. The lowest BCUT2D eigenvalue weighted by Crippen LogP contribution is -2.30. The van der Waals surface area contributed by atoms with Gasteiger partial charge in [0.2, 0.25) is 5.91 Å². The number of aromatic amines is 1. The molecule has 7 heteroatoms. The number of nitrogens with one attached hydrogen (secondary N) is 2. The van der Waals surface area contributed by atoms with Crippen LogP contribution >= 0.6 is 11.6 Å². The Morgan fingerprint density at radius 3 is 2.64 bits per heavy atom. The van der Waals surface area contributed by atoms with Crippen molar-refractivity contribution < 1.29 is 14.3 Å². The smallest absolute Gasteiger partial charge is 0.302 e. The van der Waals surface area contributed by atoms with Gasteiger partial charge in [-0.05, 0) is 49.3 Å². The minimum atomic E-state index is -0.286. The summed E-state index contributed by atoms with van der Waals surface area (Å²) in [5.74, 6) is -0.532. The minimum absolute atomic E-state index is 0.0995. The third-order valence-corrected chi connectivity index (χ3v) is 4.81. The lowest BCUT2D eigenvalue weighted by molar-refractivity contribution is -0.148. The number of hydrogen-bond donors (Lipinski definition) is 2. The van der Waals surface area contributed by atoms with Crippen LogP contribution in [0.3, 0.4) is 0 Å². The van der Waals surface area contributed by atoms with Gasteiger partial charge in [0.25, 0.3) is 5.56 Å². The molecule has 1 heterocycles. The molecule has 0 unspecified atom stereocenters. The van der Waals surface area contributed by atoms with E-state index in [9.17, 15) is 14.4 Å². The average Bonchev–Trinajstić information content (AvgIpc) is 2.56. The predicted molar refractivity (Wildman–Crippen MR) is 95.7 cm³/mol. The predicted octanol–water partition coefficient (Wildman–Crippen LogP) is 3.24. The third-order valence-electron chi connectivity index (χ3n) is 4.50. The molecule has 1 aromatic carbocycles. The first-order valence-corrected chi connectivity index (χ1v) is 8.61. The summed E-state index contributed by atoms with van der Waals surface area (Å²) in [6.45, 7) is 1.39. The summed E-state index contributed by atoms with van der Waals surface area (Å²) < 4.78 is 5.19. The Labute approximate surface area is 149 Å². The van der Waals surface area contributed by atoms with E-state index in [1.165, 1.54) is 6.92 Å². The summed E-state index contributed by atoms with van der Waals surface area (Å²) in [4.78, 5) is 37.9. The van der Waals surface area contributed by atoms with Crippen molar-refractivity contribution in [3.8, 4) is 0 Å². The number of ether oxygens (including phenoxy) is 1. The lowest BCUT2D eigenvalue weighted by Gasteiger charge is -2.27. The maximum absolute atomic E-state index is 12.5. The second-order valence-electron chi connectivity index (χ2n) is 6.30. The first kappa shape index (κ1) is 17.5. The Kier molecular flexibility index (Phi) is 5.08. The molecule has 1 fully saturated rings. The number of carbonyl (C=O) groups excluding carboxylic acids is 2. The molecule has 2 aromatic rings. The maximum atomic E-state index is 12.5. The van der Waals surface area contributed by atoms with Gasteiger partial charge in [0.15, 0.2) is 0 Å². The van der Waals surface area contributed by atoms with Crippen molar-refractivity contribution in [2.24, 2.45) is 5.92 Å². The molecular weight excluding hydrogens is 344 g/mol. The van der Waals surface area contributed by atoms with Gasteiger partial charge < -0.3 is 15.0 Å². The molecule has 0 aliphatic heterocycles. The molecule has 6 nitrogen and oxygen atoms in total. The van der Waals surface area contributed by atoms with Crippen LogP contribution in [0.4, 0.5) is 5.69 Å². The Morgan fingerprint density at radius 2 is 1.96 bits per heavy atom. The largest absolute Gasteiger partial charge is 0.463 e. The summed E-state index contributed by atoms with van der Waals surface area (Å²) in [5, 5.41) is 4.37. The summed E-state index contributed by atoms with van der Waals surface area (Å²) in [6, 6.07) is 5.02. The number of halogens is 1. The average molecular weight is 363 g/mol. The number of anilines is 1. The van der Waals surface area contributed by atoms with Crippen LogP contribution in [0, 0.1) is 5.92 Å². The Bertz CT molecular complexity index is 869. The summed E-state index contributed by atoms with van der Waals surface area (Å²) in [5.41, 5.74) is 0.271. The molecule has 0 bridgehead atoms. The normalized spacial score (nSPS) is 20.2.